The van der Waals surface area contributed by atoms with E-state index < -0.39 is 5.41 Å². The van der Waals surface area contributed by atoms with Crippen LogP contribution >= 0.6 is 0 Å². The molecule has 1 saturated heterocycles. The van der Waals surface area contributed by atoms with Gasteiger partial charge in [-0.25, -0.2) is 4.79 Å². The van der Waals surface area contributed by atoms with Crippen LogP contribution in [0.5, 0.6) is 0 Å². The van der Waals surface area contributed by atoms with Gasteiger partial charge in [0.1, 0.15) is 12.9 Å². The smallest absolute Gasteiger partial charge is 0.338 e. The van der Waals surface area contributed by atoms with Crippen molar-refractivity contribution in [2.45, 2.75) is 31.4 Å². The number of carbonyl (C=O) groups excluding carboxylic acids is 2. The lowest BCUT2D eigenvalue weighted by atomic mass is 9.73. The van der Waals surface area contributed by atoms with Crippen molar-refractivity contribution in [1.82, 2.24) is 4.90 Å². The van der Waals surface area contributed by atoms with Gasteiger partial charge in [0.15, 0.2) is 0 Å². The van der Waals surface area contributed by atoms with E-state index in [4.69, 9.17) is 4.74 Å². The number of ether oxygens (including phenoxy) is 1. The molecule has 0 atom stereocenters. The van der Waals surface area contributed by atoms with Crippen LogP contribution in [-0.4, -0.2) is 30.2 Å². The quantitative estimate of drug-likeness (QED) is 0.636. The predicted octanol–water partition coefficient (Wildman–Crippen LogP) is 3.09. The number of hydrogen-bond donors (Lipinski definition) is 0. The Balaban J connectivity index is 1.50. The Morgan fingerprint density at radius 1 is 1.08 bits per heavy atom. The second kappa shape index (κ2) is 6.45. The summed E-state index contributed by atoms with van der Waals surface area (Å²) in [5.41, 5.74) is 3.39. The van der Waals surface area contributed by atoms with Crippen LogP contribution in [0.4, 0.5) is 0 Å². The van der Waals surface area contributed by atoms with Crippen molar-refractivity contribution >= 4 is 12.3 Å². The molecule has 0 radical (unpaired) electrons. The Bertz CT molecular complexity index is 792. The van der Waals surface area contributed by atoms with E-state index in [1.807, 2.05) is 24.3 Å². The summed E-state index contributed by atoms with van der Waals surface area (Å²) in [7, 11) is 0. The third-order valence-electron chi connectivity index (χ3n) is 5.48. The van der Waals surface area contributed by atoms with E-state index in [-0.39, 0.29) is 5.97 Å². The summed E-state index contributed by atoms with van der Waals surface area (Å²) in [5.74, 6) is -0.264. The Morgan fingerprint density at radius 3 is 2.56 bits per heavy atom. The third kappa shape index (κ3) is 2.98. The summed E-state index contributed by atoms with van der Waals surface area (Å²) in [6.07, 6.45) is 2.71. The molecular weight excluding hydrogens is 314 g/mol. The van der Waals surface area contributed by atoms with Crippen molar-refractivity contribution in [3.05, 3.63) is 70.8 Å². The number of hydrogen-bond acceptors (Lipinski definition) is 4. The molecule has 25 heavy (non-hydrogen) atoms. The van der Waals surface area contributed by atoms with Gasteiger partial charge in [-0.2, -0.15) is 0 Å². The lowest BCUT2D eigenvalue weighted by molar-refractivity contribution is -0.114. The molecule has 0 N–H and O–H groups in total. The largest absolute Gasteiger partial charge is 0.457 e. The van der Waals surface area contributed by atoms with Gasteiger partial charge in [0.2, 0.25) is 0 Å². The Hall–Kier alpha value is -2.46. The summed E-state index contributed by atoms with van der Waals surface area (Å²) >= 11 is 0. The highest BCUT2D eigenvalue weighted by molar-refractivity contribution is 5.93. The first-order chi connectivity index (χ1) is 12.2. The zero-order valence-electron chi connectivity index (χ0n) is 14.1. The number of carbonyl (C=O) groups is 2. The van der Waals surface area contributed by atoms with Gasteiger partial charge in [-0.3, -0.25) is 4.90 Å². The van der Waals surface area contributed by atoms with Crippen molar-refractivity contribution in [2.75, 3.05) is 13.1 Å². The molecule has 0 spiro atoms. The van der Waals surface area contributed by atoms with E-state index >= 15 is 0 Å². The summed E-state index contributed by atoms with van der Waals surface area (Å²) in [5, 5.41) is 0. The first kappa shape index (κ1) is 16.0. The molecular formula is C21H21NO3. The minimum absolute atomic E-state index is 0.264. The lowest BCUT2D eigenvalue weighted by Gasteiger charge is -2.38. The van der Waals surface area contributed by atoms with Crippen LogP contribution in [0.2, 0.25) is 0 Å². The van der Waals surface area contributed by atoms with E-state index in [9.17, 15) is 9.59 Å². The minimum Gasteiger partial charge on any atom is -0.457 e. The molecule has 2 aliphatic rings. The van der Waals surface area contributed by atoms with Crippen molar-refractivity contribution in [1.29, 1.82) is 0 Å². The standard InChI is InChI=1S/C21H21NO3/c23-15-21(18-6-7-19-17(12-18)14-25-20(19)24)8-10-22(11-9-21)13-16-4-2-1-3-5-16/h1-7,12,15H,8-11,13-14H2. The van der Waals surface area contributed by atoms with Crippen LogP contribution in [0, 0.1) is 0 Å². The molecule has 0 bridgehead atoms. The van der Waals surface area contributed by atoms with Gasteiger partial charge in [-0.05, 0) is 43.1 Å². The molecule has 1 fully saturated rings. The zero-order chi connectivity index (χ0) is 17.3. The Kier molecular flexibility index (Phi) is 4.14. The number of benzene rings is 2. The van der Waals surface area contributed by atoms with Gasteiger partial charge in [-0.15, -0.1) is 0 Å². The Morgan fingerprint density at radius 2 is 1.84 bits per heavy atom. The maximum Gasteiger partial charge on any atom is 0.338 e. The number of cyclic esters (lactones) is 1. The first-order valence-electron chi connectivity index (χ1n) is 8.73. The highest BCUT2D eigenvalue weighted by Gasteiger charge is 2.37. The van der Waals surface area contributed by atoms with Gasteiger partial charge in [0.05, 0.1) is 11.0 Å². The monoisotopic (exact) mass is 335 g/mol. The highest BCUT2D eigenvalue weighted by atomic mass is 16.5. The minimum atomic E-state index is -0.451. The van der Waals surface area contributed by atoms with Crippen molar-refractivity contribution in [3.63, 3.8) is 0 Å². The van der Waals surface area contributed by atoms with Crippen molar-refractivity contribution in [3.8, 4) is 0 Å². The summed E-state index contributed by atoms with van der Waals surface area (Å²) < 4.78 is 5.08. The van der Waals surface area contributed by atoms with E-state index in [0.717, 1.165) is 49.9 Å². The first-order valence-corrected chi connectivity index (χ1v) is 8.73. The number of likely N-dealkylation sites (tertiary alicyclic amines) is 1. The second-order valence-corrected chi connectivity index (χ2v) is 6.98. The molecule has 0 saturated carbocycles. The molecule has 4 nitrogen and oxygen atoms in total. The second-order valence-electron chi connectivity index (χ2n) is 6.98. The number of piperidine rings is 1. The van der Waals surface area contributed by atoms with Gasteiger partial charge in [0.25, 0.3) is 0 Å². The fraction of sp³-hybridized carbons (Fsp3) is 0.333. The van der Waals surface area contributed by atoms with E-state index in [2.05, 4.69) is 29.2 Å². The lowest BCUT2D eigenvalue weighted by Crippen LogP contribution is -2.43. The van der Waals surface area contributed by atoms with Crippen molar-refractivity contribution < 1.29 is 14.3 Å². The number of esters is 1. The maximum atomic E-state index is 12.0. The average molecular weight is 335 g/mol. The summed E-state index contributed by atoms with van der Waals surface area (Å²) in [6, 6.07) is 16.1. The topological polar surface area (TPSA) is 46.6 Å². The van der Waals surface area contributed by atoms with E-state index in [1.165, 1.54) is 5.56 Å². The molecule has 4 heteroatoms. The molecule has 0 aromatic heterocycles. The van der Waals surface area contributed by atoms with Gasteiger partial charge < -0.3 is 9.53 Å². The number of aldehydes is 1. The maximum absolute atomic E-state index is 12.0. The van der Waals surface area contributed by atoms with Gasteiger partial charge in [-0.1, -0.05) is 42.5 Å². The summed E-state index contributed by atoms with van der Waals surface area (Å²) in [4.78, 5) is 26.0. The molecule has 2 heterocycles. The molecule has 2 aromatic carbocycles. The Labute approximate surface area is 147 Å². The molecule has 0 unspecified atom stereocenters. The molecule has 0 aliphatic carbocycles. The average Bonchev–Trinajstić information content (AvgIpc) is 3.04. The normalized spacial score (nSPS) is 19.3. The fourth-order valence-corrected chi connectivity index (χ4v) is 3.87. The molecule has 2 aromatic rings. The third-order valence-corrected chi connectivity index (χ3v) is 5.48. The van der Waals surface area contributed by atoms with Gasteiger partial charge >= 0.3 is 5.97 Å². The highest BCUT2D eigenvalue weighted by Crippen LogP contribution is 2.36. The predicted molar refractivity (Wildman–Crippen MR) is 94.3 cm³/mol. The molecule has 4 rings (SSSR count). The SMILES string of the molecule is O=CC1(c2ccc3c(c2)COC3=O)CCN(Cc2ccccc2)CC1. The van der Waals surface area contributed by atoms with Crippen LogP contribution < -0.4 is 0 Å². The number of fused-ring (bicyclic) bond motifs is 1. The van der Waals surface area contributed by atoms with Gasteiger partial charge in [0, 0.05) is 12.1 Å². The zero-order valence-corrected chi connectivity index (χ0v) is 14.1. The van der Waals surface area contributed by atoms with Crippen LogP contribution in [0.25, 0.3) is 0 Å². The van der Waals surface area contributed by atoms with Crippen LogP contribution in [0.1, 0.15) is 39.9 Å². The van der Waals surface area contributed by atoms with Crippen LogP contribution in [0.3, 0.4) is 0 Å². The number of nitrogens with zero attached hydrogens (tertiary/aromatic N) is 1. The van der Waals surface area contributed by atoms with E-state index in [0.29, 0.717) is 12.2 Å². The number of rotatable bonds is 4. The molecule has 2 aliphatic heterocycles. The molecule has 128 valence electrons. The van der Waals surface area contributed by atoms with E-state index in [1.54, 1.807) is 0 Å². The van der Waals surface area contributed by atoms with Crippen LogP contribution in [0.15, 0.2) is 48.5 Å². The fourth-order valence-electron chi connectivity index (χ4n) is 3.87. The van der Waals surface area contributed by atoms with Crippen molar-refractivity contribution in [2.24, 2.45) is 0 Å². The summed E-state index contributed by atoms with van der Waals surface area (Å²) in [6.45, 7) is 3.01. The van der Waals surface area contributed by atoms with Crippen LogP contribution in [-0.2, 0) is 28.1 Å². The molecule has 0 amide bonds.